The number of thioether (sulfide) groups is 1. The van der Waals surface area contributed by atoms with E-state index in [-0.39, 0.29) is 0 Å². The predicted molar refractivity (Wildman–Crippen MR) is 82.3 cm³/mol. The molecule has 1 unspecified atom stereocenters. The lowest BCUT2D eigenvalue weighted by Crippen LogP contribution is -2.29. The molecule has 18 heavy (non-hydrogen) atoms. The molecule has 0 aliphatic carbocycles. The number of aryl methyl sites for hydroxylation is 1. The van der Waals surface area contributed by atoms with E-state index in [0.29, 0.717) is 6.04 Å². The second kappa shape index (κ2) is 7.85. The topological polar surface area (TPSA) is 12.0 Å². The van der Waals surface area contributed by atoms with Crippen LogP contribution < -0.4 is 5.32 Å². The summed E-state index contributed by atoms with van der Waals surface area (Å²) in [5, 5.41) is 3.51. The lowest BCUT2D eigenvalue weighted by Gasteiger charge is -2.26. The van der Waals surface area contributed by atoms with Crippen molar-refractivity contribution in [2.24, 2.45) is 5.92 Å². The van der Waals surface area contributed by atoms with Gasteiger partial charge >= 0.3 is 0 Å². The first-order chi connectivity index (χ1) is 8.88. The molecule has 1 saturated heterocycles. The summed E-state index contributed by atoms with van der Waals surface area (Å²) >= 11 is 2.12. The minimum Gasteiger partial charge on any atom is -0.317 e. The SMILES string of the molecule is CNC(CCc1ccccc1)CC1CCSCC1. The highest BCUT2D eigenvalue weighted by Gasteiger charge is 2.18. The zero-order valence-corrected chi connectivity index (χ0v) is 12.2. The fourth-order valence-corrected chi connectivity index (χ4v) is 3.95. The van der Waals surface area contributed by atoms with Crippen LogP contribution in [0.15, 0.2) is 30.3 Å². The van der Waals surface area contributed by atoms with Crippen molar-refractivity contribution >= 4 is 11.8 Å². The summed E-state index contributed by atoms with van der Waals surface area (Å²) in [6.45, 7) is 0. The molecule has 2 heteroatoms. The van der Waals surface area contributed by atoms with Gasteiger partial charge in [0, 0.05) is 6.04 Å². The fraction of sp³-hybridized carbons (Fsp3) is 0.625. The number of nitrogens with one attached hydrogen (secondary N) is 1. The molecule has 1 nitrogen and oxygen atoms in total. The first-order valence-electron chi connectivity index (χ1n) is 7.17. The fourth-order valence-electron chi connectivity index (χ4n) is 2.75. The summed E-state index contributed by atoms with van der Waals surface area (Å²) in [5.74, 6) is 3.71. The van der Waals surface area contributed by atoms with Crippen LogP contribution in [0.25, 0.3) is 0 Å². The van der Waals surface area contributed by atoms with Crippen LogP contribution in [0.4, 0.5) is 0 Å². The molecule has 1 heterocycles. The van der Waals surface area contributed by atoms with Gasteiger partial charge in [-0.2, -0.15) is 11.8 Å². The van der Waals surface area contributed by atoms with Crippen LogP contribution in [-0.2, 0) is 6.42 Å². The van der Waals surface area contributed by atoms with Gasteiger partial charge in [0.25, 0.3) is 0 Å². The first kappa shape index (κ1) is 14.0. The molecule has 0 spiro atoms. The summed E-state index contributed by atoms with van der Waals surface area (Å²) in [4.78, 5) is 0. The Morgan fingerprint density at radius 3 is 2.61 bits per heavy atom. The van der Waals surface area contributed by atoms with E-state index in [2.05, 4.69) is 54.5 Å². The summed E-state index contributed by atoms with van der Waals surface area (Å²) in [5.41, 5.74) is 1.47. The molecule has 0 aromatic heterocycles. The Morgan fingerprint density at radius 2 is 1.94 bits per heavy atom. The monoisotopic (exact) mass is 263 g/mol. The van der Waals surface area contributed by atoms with Crippen LogP contribution in [0.2, 0.25) is 0 Å². The molecule has 1 aromatic carbocycles. The zero-order valence-electron chi connectivity index (χ0n) is 11.4. The molecule has 0 amide bonds. The molecule has 0 bridgehead atoms. The van der Waals surface area contributed by atoms with E-state index in [0.717, 1.165) is 5.92 Å². The Bertz CT molecular complexity index is 319. The molecule has 0 radical (unpaired) electrons. The Hall–Kier alpha value is -0.470. The van der Waals surface area contributed by atoms with Crippen molar-refractivity contribution in [3.8, 4) is 0 Å². The van der Waals surface area contributed by atoms with Crippen molar-refractivity contribution in [1.82, 2.24) is 5.32 Å². The third-order valence-corrected chi connectivity index (χ3v) is 5.04. The number of hydrogen-bond donors (Lipinski definition) is 1. The van der Waals surface area contributed by atoms with E-state index in [1.807, 2.05) is 0 Å². The van der Waals surface area contributed by atoms with Crippen LogP contribution in [0.1, 0.15) is 31.2 Å². The van der Waals surface area contributed by atoms with Gasteiger partial charge in [-0.15, -0.1) is 0 Å². The highest BCUT2D eigenvalue weighted by Crippen LogP contribution is 2.27. The molecule has 1 atom stereocenters. The van der Waals surface area contributed by atoms with Crippen molar-refractivity contribution in [3.05, 3.63) is 35.9 Å². The Morgan fingerprint density at radius 1 is 1.22 bits per heavy atom. The van der Waals surface area contributed by atoms with E-state index < -0.39 is 0 Å². The second-order valence-electron chi connectivity index (χ2n) is 5.30. The standard InChI is InChI=1S/C16H25NS/c1-17-16(13-15-9-11-18-12-10-15)8-7-14-5-3-2-4-6-14/h2-6,15-17H,7-13H2,1H3. The molecular formula is C16H25NS. The van der Waals surface area contributed by atoms with Gasteiger partial charge < -0.3 is 5.32 Å². The maximum Gasteiger partial charge on any atom is 0.00698 e. The Kier molecular flexibility index (Phi) is 6.09. The van der Waals surface area contributed by atoms with Crippen molar-refractivity contribution in [1.29, 1.82) is 0 Å². The maximum atomic E-state index is 3.51. The third-order valence-electron chi connectivity index (χ3n) is 3.99. The van der Waals surface area contributed by atoms with Gasteiger partial charge in [-0.25, -0.2) is 0 Å². The molecule has 0 saturated carbocycles. The van der Waals surface area contributed by atoms with E-state index >= 15 is 0 Å². The van der Waals surface area contributed by atoms with Crippen LogP contribution in [0.3, 0.4) is 0 Å². The largest absolute Gasteiger partial charge is 0.317 e. The van der Waals surface area contributed by atoms with E-state index in [1.54, 1.807) is 0 Å². The predicted octanol–water partition coefficient (Wildman–Crippen LogP) is 3.74. The second-order valence-corrected chi connectivity index (χ2v) is 6.53. The minimum absolute atomic E-state index is 0.693. The smallest absolute Gasteiger partial charge is 0.00698 e. The number of benzene rings is 1. The molecule has 100 valence electrons. The van der Waals surface area contributed by atoms with Gasteiger partial charge in [0.05, 0.1) is 0 Å². The van der Waals surface area contributed by atoms with Crippen LogP contribution in [0.5, 0.6) is 0 Å². The van der Waals surface area contributed by atoms with E-state index in [4.69, 9.17) is 0 Å². The minimum atomic E-state index is 0.693. The van der Waals surface area contributed by atoms with Gasteiger partial charge in [-0.1, -0.05) is 30.3 Å². The van der Waals surface area contributed by atoms with E-state index in [1.165, 1.54) is 49.2 Å². The summed E-state index contributed by atoms with van der Waals surface area (Å²) in [7, 11) is 2.12. The molecular weight excluding hydrogens is 238 g/mol. The summed E-state index contributed by atoms with van der Waals surface area (Å²) in [6, 6.07) is 11.6. The molecule has 2 rings (SSSR count). The van der Waals surface area contributed by atoms with Gasteiger partial charge in [-0.3, -0.25) is 0 Å². The van der Waals surface area contributed by atoms with Crippen LogP contribution in [-0.4, -0.2) is 24.6 Å². The highest BCUT2D eigenvalue weighted by atomic mass is 32.2. The summed E-state index contributed by atoms with van der Waals surface area (Å²) < 4.78 is 0. The maximum absolute atomic E-state index is 3.51. The van der Waals surface area contributed by atoms with Crippen molar-refractivity contribution in [2.45, 2.75) is 38.1 Å². The van der Waals surface area contributed by atoms with Gasteiger partial charge in [-0.05, 0) is 62.1 Å². The Labute approximate surface area is 116 Å². The lowest BCUT2D eigenvalue weighted by atomic mass is 9.91. The lowest BCUT2D eigenvalue weighted by molar-refractivity contribution is 0.365. The molecule has 1 aliphatic rings. The highest BCUT2D eigenvalue weighted by molar-refractivity contribution is 7.99. The van der Waals surface area contributed by atoms with Crippen molar-refractivity contribution in [3.63, 3.8) is 0 Å². The van der Waals surface area contributed by atoms with E-state index in [9.17, 15) is 0 Å². The van der Waals surface area contributed by atoms with Crippen LogP contribution >= 0.6 is 11.8 Å². The van der Waals surface area contributed by atoms with Crippen molar-refractivity contribution in [2.75, 3.05) is 18.6 Å². The molecule has 1 aromatic rings. The average Bonchev–Trinajstić information content (AvgIpc) is 2.45. The summed E-state index contributed by atoms with van der Waals surface area (Å²) in [6.07, 6.45) is 6.68. The Balaban J connectivity index is 1.74. The van der Waals surface area contributed by atoms with Gasteiger partial charge in [0.2, 0.25) is 0 Å². The zero-order chi connectivity index (χ0) is 12.6. The quantitative estimate of drug-likeness (QED) is 0.839. The van der Waals surface area contributed by atoms with Crippen molar-refractivity contribution < 1.29 is 0 Å². The third kappa shape index (κ3) is 4.66. The van der Waals surface area contributed by atoms with Gasteiger partial charge in [0.15, 0.2) is 0 Å². The number of rotatable bonds is 6. The van der Waals surface area contributed by atoms with Gasteiger partial charge in [0.1, 0.15) is 0 Å². The van der Waals surface area contributed by atoms with Crippen LogP contribution in [0, 0.1) is 5.92 Å². The normalized spacial score (nSPS) is 18.7. The molecule has 1 N–H and O–H groups in total. The number of hydrogen-bond acceptors (Lipinski definition) is 2. The average molecular weight is 263 g/mol. The first-order valence-corrected chi connectivity index (χ1v) is 8.33. The molecule has 1 fully saturated rings. The molecule has 1 aliphatic heterocycles.